The molecule has 0 bridgehead atoms. The van der Waals surface area contributed by atoms with Gasteiger partial charge in [-0.25, -0.2) is 0 Å². The molecule has 0 aliphatic carbocycles. The van der Waals surface area contributed by atoms with Crippen molar-refractivity contribution in [2.75, 3.05) is 46.4 Å². The number of aliphatic hydroxyl groups excluding tert-OH is 1. The Kier molecular flexibility index (Phi) is 8.39. The fourth-order valence-corrected chi connectivity index (χ4v) is 3.53. The van der Waals surface area contributed by atoms with Crippen molar-refractivity contribution in [3.8, 4) is 11.5 Å². The van der Waals surface area contributed by atoms with Crippen molar-refractivity contribution in [3.05, 3.63) is 23.8 Å². The highest BCUT2D eigenvalue weighted by Gasteiger charge is 2.25. The monoisotopic (exact) mass is 378 g/mol. The minimum absolute atomic E-state index is 0.272. The van der Waals surface area contributed by atoms with Crippen molar-refractivity contribution in [1.82, 2.24) is 9.80 Å². The van der Waals surface area contributed by atoms with E-state index in [1.165, 1.54) is 18.4 Å². The molecule has 1 aromatic rings. The van der Waals surface area contributed by atoms with Crippen LogP contribution in [0.15, 0.2) is 18.2 Å². The van der Waals surface area contributed by atoms with Gasteiger partial charge in [0.05, 0.1) is 7.11 Å². The van der Waals surface area contributed by atoms with Gasteiger partial charge in [0.2, 0.25) is 0 Å². The Bertz CT molecular complexity index is 563. The zero-order valence-electron chi connectivity index (χ0n) is 17.8. The maximum Gasteiger partial charge on any atom is 0.161 e. The maximum absolute atomic E-state index is 10.3. The van der Waals surface area contributed by atoms with Crippen molar-refractivity contribution >= 4 is 0 Å². The molecule has 154 valence electrons. The Hall–Kier alpha value is -1.30. The van der Waals surface area contributed by atoms with E-state index in [9.17, 15) is 5.11 Å². The molecule has 0 spiro atoms. The van der Waals surface area contributed by atoms with Gasteiger partial charge >= 0.3 is 0 Å². The summed E-state index contributed by atoms with van der Waals surface area (Å²) < 4.78 is 11.4. The molecule has 1 heterocycles. The molecule has 1 saturated heterocycles. The van der Waals surface area contributed by atoms with Crippen LogP contribution in [0.3, 0.4) is 0 Å². The minimum atomic E-state index is -0.511. The molecule has 0 unspecified atom stereocenters. The molecule has 0 saturated carbocycles. The smallest absolute Gasteiger partial charge is 0.161 e. The Morgan fingerprint density at radius 1 is 1.15 bits per heavy atom. The zero-order valence-corrected chi connectivity index (χ0v) is 17.8. The van der Waals surface area contributed by atoms with Crippen LogP contribution in [0, 0.1) is 5.41 Å². The van der Waals surface area contributed by atoms with Crippen molar-refractivity contribution < 1.29 is 14.6 Å². The Morgan fingerprint density at radius 3 is 2.41 bits per heavy atom. The maximum atomic E-state index is 10.3. The highest BCUT2D eigenvalue weighted by Crippen LogP contribution is 2.32. The molecule has 0 amide bonds. The SMILES string of the molecule is CCN(CC)C[C@H](O)COc1cc(CN2CCC(C)(C)CC2)ccc1OC. The number of likely N-dealkylation sites (N-methyl/N-ethyl adjacent to an activating group) is 1. The predicted octanol–water partition coefficient (Wildman–Crippen LogP) is 3.40. The van der Waals surface area contributed by atoms with Gasteiger partial charge in [-0.05, 0) is 62.1 Å². The van der Waals surface area contributed by atoms with E-state index < -0.39 is 6.10 Å². The van der Waals surface area contributed by atoms with Crippen LogP contribution in [-0.2, 0) is 6.54 Å². The summed E-state index contributed by atoms with van der Waals surface area (Å²) in [5.74, 6) is 1.43. The molecule has 0 radical (unpaired) electrons. The first kappa shape index (κ1) is 22.0. The van der Waals surface area contributed by atoms with Gasteiger partial charge in [-0.1, -0.05) is 33.8 Å². The number of nitrogens with zero attached hydrogens (tertiary/aromatic N) is 2. The highest BCUT2D eigenvalue weighted by atomic mass is 16.5. The van der Waals surface area contributed by atoms with Crippen molar-refractivity contribution in [2.45, 2.75) is 53.2 Å². The third-order valence-electron chi connectivity index (χ3n) is 5.64. The molecule has 2 rings (SSSR count). The lowest BCUT2D eigenvalue weighted by atomic mass is 9.82. The molecule has 1 aromatic carbocycles. The summed E-state index contributed by atoms with van der Waals surface area (Å²) >= 11 is 0. The molecular weight excluding hydrogens is 340 g/mol. The molecule has 1 fully saturated rings. The van der Waals surface area contributed by atoms with Crippen LogP contribution >= 0.6 is 0 Å². The second-order valence-corrected chi connectivity index (χ2v) is 8.38. The lowest BCUT2D eigenvalue weighted by Crippen LogP contribution is -2.36. The van der Waals surface area contributed by atoms with Gasteiger partial charge < -0.3 is 19.5 Å². The number of hydrogen-bond donors (Lipinski definition) is 1. The van der Waals surface area contributed by atoms with Gasteiger partial charge in [-0.3, -0.25) is 4.90 Å². The van der Waals surface area contributed by atoms with Crippen molar-refractivity contribution in [1.29, 1.82) is 0 Å². The van der Waals surface area contributed by atoms with Gasteiger partial charge in [0.25, 0.3) is 0 Å². The van der Waals surface area contributed by atoms with E-state index in [-0.39, 0.29) is 6.61 Å². The van der Waals surface area contributed by atoms with Crippen LogP contribution in [0.25, 0.3) is 0 Å². The van der Waals surface area contributed by atoms with Crippen LogP contribution in [0.4, 0.5) is 0 Å². The van der Waals surface area contributed by atoms with Crippen LogP contribution in [0.1, 0.15) is 46.1 Å². The van der Waals surface area contributed by atoms with Crippen molar-refractivity contribution in [3.63, 3.8) is 0 Å². The molecule has 5 nitrogen and oxygen atoms in total. The third-order valence-corrected chi connectivity index (χ3v) is 5.64. The second-order valence-electron chi connectivity index (χ2n) is 8.38. The van der Waals surface area contributed by atoms with Gasteiger partial charge in [-0.2, -0.15) is 0 Å². The topological polar surface area (TPSA) is 45.2 Å². The number of aliphatic hydroxyl groups is 1. The summed E-state index contributed by atoms with van der Waals surface area (Å²) in [5, 5.41) is 10.3. The first-order chi connectivity index (χ1) is 12.9. The Labute approximate surface area is 165 Å². The summed E-state index contributed by atoms with van der Waals surface area (Å²) in [6.45, 7) is 14.9. The normalized spacial score (nSPS) is 18.5. The van der Waals surface area contributed by atoms with Gasteiger partial charge in [0.15, 0.2) is 11.5 Å². The van der Waals surface area contributed by atoms with E-state index in [1.54, 1.807) is 7.11 Å². The predicted molar refractivity (Wildman–Crippen MR) is 111 cm³/mol. The molecule has 27 heavy (non-hydrogen) atoms. The standard InChI is InChI=1S/C22H38N2O3/c1-6-23(7-2)16-19(25)17-27-21-14-18(8-9-20(21)26-5)15-24-12-10-22(3,4)11-13-24/h8-9,14,19,25H,6-7,10-13,15-17H2,1-5H3/t19-/m0/s1. The van der Waals surface area contributed by atoms with E-state index in [2.05, 4.69) is 49.6 Å². The first-order valence-electron chi connectivity index (χ1n) is 10.3. The van der Waals surface area contributed by atoms with Gasteiger partial charge in [-0.15, -0.1) is 0 Å². The van der Waals surface area contributed by atoms with E-state index in [4.69, 9.17) is 9.47 Å². The number of ether oxygens (including phenoxy) is 2. The first-order valence-corrected chi connectivity index (χ1v) is 10.3. The number of hydrogen-bond acceptors (Lipinski definition) is 5. The Balaban J connectivity index is 1.94. The zero-order chi connectivity index (χ0) is 19.9. The summed E-state index contributed by atoms with van der Waals surface area (Å²) in [7, 11) is 1.65. The average molecular weight is 379 g/mol. The summed E-state index contributed by atoms with van der Waals surface area (Å²) in [4.78, 5) is 4.70. The summed E-state index contributed by atoms with van der Waals surface area (Å²) in [5.41, 5.74) is 1.69. The van der Waals surface area contributed by atoms with E-state index in [1.807, 2.05) is 6.07 Å². The minimum Gasteiger partial charge on any atom is -0.493 e. The second kappa shape index (κ2) is 10.3. The largest absolute Gasteiger partial charge is 0.493 e. The van der Waals surface area contributed by atoms with E-state index in [0.29, 0.717) is 23.5 Å². The molecule has 1 aliphatic rings. The summed E-state index contributed by atoms with van der Waals surface area (Å²) in [6, 6.07) is 6.13. The lowest BCUT2D eigenvalue weighted by molar-refractivity contribution is 0.0704. The quantitative estimate of drug-likeness (QED) is 0.676. The fourth-order valence-electron chi connectivity index (χ4n) is 3.53. The highest BCUT2D eigenvalue weighted by molar-refractivity contribution is 5.43. The lowest BCUT2D eigenvalue weighted by Gasteiger charge is -2.37. The van der Waals surface area contributed by atoms with E-state index >= 15 is 0 Å². The van der Waals surface area contributed by atoms with E-state index in [0.717, 1.165) is 32.7 Å². The third kappa shape index (κ3) is 6.98. The number of methoxy groups -OCH3 is 1. The van der Waals surface area contributed by atoms with Crippen LogP contribution < -0.4 is 9.47 Å². The summed E-state index contributed by atoms with van der Waals surface area (Å²) in [6.07, 6.45) is 1.97. The van der Waals surface area contributed by atoms with Crippen LogP contribution in [-0.4, -0.2) is 67.5 Å². The molecule has 1 N–H and O–H groups in total. The number of likely N-dealkylation sites (tertiary alicyclic amines) is 1. The van der Waals surface area contributed by atoms with Gasteiger partial charge in [0, 0.05) is 13.1 Å². The number of piperidine rings is 1. The Morgan fingerprint density at radius 2 is 1.81 bits per heavy atom. The number of benzene rings is 1. The van der Waals surface area contributed by atoms with Crippen LogP contribution in [0.5, 0.6) is 11.5 Å². The molecule has 5 heteroatoms. The van der Waals surface area contributed by atoms with Crippen LogP contribution in [0.2, 0.25) is 0 Å². The van der Waals surface area contributed by atoms with Crippen molar-refractivity contribution in [2.24, 2.45) is 5.41 Å². The average Bonchev–Trinajstić information content (AvgIpc) is 2.66. The molecule has 1 atom stereocenters. The molecule has 1 aliphatic heterocycles. The fraction of sp³-hybridized carbons (Fsp3) is 0.727. The van der Waals surface area contributed by atoms with Gasteiger partial charge in [0.1, 0.15) is 12.7 Å². The molecular formula is C22H38N2O3. The number of rotatable bonds is 10. The molecule has 0 aromatic heterocycles.